The maximum Gasteiger partial charge on any atom is 0.319 e. The van der Waals surface area contributed by atoms with Gasteiger partial charge in [-0.15, -0.1) is 0 Å². The number of unbranched alkanes of at least 4 members (excludes halogenated alkanes) is 2. The summed E-state index contributed by atoms with van der Waals surface area (Å²) in [6.07, 6.45) is 21.6. The topological polar surface area (TPSA) is 129 Å². The summed E-state index contributed by atoms with van der Waals surface area (Å²) in [4.78, 5) is 43.6. The van der Waals surface area contributed by atoms with E-state index in [-0.39, 0.29) is 23.2 Å². The Bertz CT molecular complexity index is 1900. The molecule has 4 N–H and O–H groups in total. The van der Waals surface area contributed by atoms with Crippen molar-refractivity contribution in [1.82, 2.24) is 16.0 Å². The third kappa shape index (κ3) is 13.7. The minimum atomic E-state index is -0.397. The summed E-state index contributed by atoms with van der Waals surface area (Å²) in [5.74, 6) is 4.94. The van der Waals surface area contributed by atoms with Crippen LogP contribution in [-0.2, 0) is 4.79 Å². The number of carbonyl (C=O) groups excluding carboxylic acids is 3. The average molecular weight is 917 g/mol. The summed E-state index contributed by atoms with van der Waals surface area (Å²) in [6, 6.07) is 6.23. The lowest BCUT2D eigenvalue weighted by Gasteiger charge is -2.35. The van der Waals surface area contributed by atoms with Crippen LogP contribution in [0.3, 0.4) is 0 Å². The lowest BCUT2D eigenvalue weighted by Crippen LogP contribution is -2.39. The molecule has 10 nitrogen and oxygen atoms in total. The van der Waals surface area contributed by atoms with Gasteiger partial charge in [-0.05, 0) is 119 Å². The maximum atomic E-state index is 14.4. The first kappa shape index (κ1) is 51.3. The van der Waals surface area contributed by atoms with Gasteiger partial charge < -0.3 is 31.3 Å². The van der Waals surface area contributed by atoms with Crippen LogP contribution >= 0.6 is 23.5 Å². The number of allylic oxidation sites excluding steroid dienone is 5. The van der Waals surface area contributed by atoms with Gasteiger partial charge in [-0.3, -0.25) is 4.79 Å². The van der Waals surface area contributed by atoms with Crippen LogP contribution in [0.5, 0.6) is 0 Å². The highest BCUT2D eigenvalue weighted by Crippen LogP contribution is 2.43. The lowest BCUT2D eigenvalue weighted by molar-refractivity contribution is -0.570. The zero-order valence-electron chi connectivity index (χ0n) is 40.4. The van der Waals surface area contributed by atoms with Crippen LogP contribution in [0.25, 0.3) is 5.57 Å². The molecule has 6 unspecified atom stereocenters. The molecule has 4 aliphatic rings. The van der Waals surface area contributed by atoms with Crippen LogP contribution in [0.1, 0.15) is 151 Å². The molecular weight excluding hydrogens is 837 g/mol. The minimum absolute atomic E-state index is 0.0445. The number of nitrogens with zero attached hydrogens (tertiary/aromatic N) is 2. The summed E-state index contributed by atoms with van der Waals surface area (Å²) in [5.41, 5.74) is 3.65. The van der Waals surface area contributed by atoms with Crippen molar-refractivity contribution in [2.24, 2.45) is 11.8 Å². The maximum absolute atomic E-state index is 14.4. The number of nitrogens with one attached hydrogen (secondary N) is 4. The Hall–Kier alpha value is -3.64. The first-order valence-corrected chi connectivity index (χ1v) is 27.2. The molecule has 354 valence electrons. The van der Waals surface area contributed by atoms with Crippen molar-refractivity contribution in [2.75, 3.05) is 46.3 Å². The van der Waals surface area contributed by atoms with Crippen molar-refractivity contribution in [3.05, 3.63) is 64.6 Å². The van der Waals surface area contributed by atoms with E-state index in [1.54, 1.807) is 0 Å². The van der Waals surface area contributed by atoms with E-state index in [4.69, 9.17) is 0 Å². The van der Waals surface area contributed by atoms with Gasteiger partial charge >= 0.3 is 12.1 Å². The largest absolute Gasteiger partial charge is 0.871 e. The van der Waals surface area contributed by atoms with Gasteiger partial charge in [-0.1, -0.05) is 78.0 Å². The van der Waals surface area contributed by atoms with E-state index in [0.29, 0.717) is 59.8 Å². The number of anilines is 2. The van der Waals surface area contributed by atoms with Crippen molar-refractivity contribution in [1.29, 1.82) is 0 Å². The van der Waals surface area contributed by atoms with Crippen LogP contribution in [0, 0.1) is 11.8 Å². The Morgan fingerprint density at radius 3 is 1.86 bits per heavy atom. The van der Waals surface area contributed by atoms with E-state index >= 15 is 0 Å². The number of hydrogen-bond donors (Lipinski definition) is 4. The second-order valence-corrected chi connectivity index (χ2v) is 21.0. The summed E-state index contributed by atoms with van der Waals surface area (Å²) in [6.45, 7) is 18.9. The molecule has 12 heteroatoms. The fourth-order valence-corrected chi connectivity index (χ4v) is 12.2. The highest BCUT2D eigenvalue weighted by atomic mass is 32.2. The smallest absolute Gasteiger partial charge is 0.319 e. The Kier molecular flexibility index (Phi) is 20.8. The zero-order valence-corrected chi connectivity index (χ0v) is 42.0. The molecule has 2 fully saturated rings. The zero-order chi connectivity index (χ0) is 46.2. The SMILES string of the molecule is CCCCC(CC)CSCCCNC(=O)NC1=CC(=[N+]2C(C)CCC2C)C=C/C1=C1\C(=O)C(c2ccc(N3C(C)CCC3C)cc2NC(=O)NCCCSCC(CC)CCCC)=C1[O-]. The van der Waals surface area contributed by atoms with Crippen LogP contribution in [0.4, 0.5) is 21.0 Å². The number of ketones is 1. The molecular formula is C52H80N6O4S2. The second kappa shape index (κ2) is 25.9. The monoisotopic (exact) mass is 917 g/mol. The van der Waals surface area contributed by atoms with Gasteiger partial charge in [0.05, 0.1) is 11.4 Å². The molecule has 0 radical (unpaired) electrons. The molecule has 0 aromatic heterocycles. The lowest BCUT2D eigenvalue weighted by atomic mass is 9.78. The van der Waals surface area contributed by atoms with Crippen molar-refractivity contribution in [2.45, 2.75) is 169 Å². The fourth-order valence-electron chi connectivity index (χ4n) is 9.70. The number of rotatable bonds is 24. The third-order valence-corrected chi connectivity index (χ3v) is 16.3. The molecule has 1 aromatic rings. The first-order chi connectivity index (χ1) is 30.9. The summed E-state index contributed by atoms with van der Waals surface area (Å²) in [5, 5.41) is 26.5. The average Bonchev–Trinajstić information content (AvgIpc) is 3.80. The number of thioether (sulfide) groups is 2. The number of benzene rings is 1. The predicted octanol–water partition coefficient (Wildman–Crippen LogP) is 10.6. The van der Waals surface area contributed by atoms with Gasteiger partial charge in [-0.2, -0.15) is 23.5 Å². The van der Waals surface area contributed by atoms with Gasteiger partial charge in [0.2, 0.25) is 5.71 Å². The number of carbonyl (C=O) groups is 3. The van der Waals surface area contributed by atoms with Crippen molar-refractivity contribution in [3.63, 3.8) is 0 Å². The molecule has 2 heterocycles. The van der Waals surface area contributed by atoms with Crippen LogP contribution in [0.15, 0.2) is 59.0 Å². The number of amides is 4. The molecule has 0 bridgehead atoms. The second-order valence-electron chi connectivity index (χ2n) is 18.7. The Balaban J connectivity index is 1.34. The number of Topliss-reactive ketones (excluding diaryl/α,β-unsaturated/α-hetero) is 1. The molecule has 64 heavy (non-hydrogen) atoms. The Morgan fingerprint density at radius 2 is 1.33 bits per heavy atom. The summed E-state index contributed by atoms with van der Waals surface area (Å²) < 4.78 is 2.35. The molecule has 0 saturated carbocycles. The van der Waals surface area contributed by atoms with Crippen LogP contribution in [-0.4, -0.2) is 88.4 Å². The van der Waals surface area contributed by atoms with Gasteiger partial charge in [-0.25, -0.2) is 14.2 Å². The molecule has 2 aliphatic heterocycles. The van der Waals surface area contributed by atoms with Crippen LogP contribution < -0.4 is 31.3 Å². The van der Waals surface area contributed by atoms with Crippen molar-refractivity contribution >= 4 is 64.0 Å². The van der Waals surface area contributed by atoms with E-state index in [2.05, 4.69) is 86.1 Å². The van der Waals surface area contributed by atoms with E-state index in [1.807, 2.05) is 60.0 Å². The molecule has 4 amide bonds. The van der Waals surface area contributed by atoms with Gasteiger partial charge in [0.25, 0.3) is 0 Å². The molecule has 5 rings (SSSR count). The Morgan fingerprint density at radius 1 is 0.766 bits per heavy atom. The van der Waals surface area contributed by atoms with E-state index in [9.17, 15) is 19.5 Å². The third-order valence-electron chi connectivity index (χ3n) is 13.7. The van der Waals surface area contributed by atoms with Crippen molar-refractivity contribution < 1.29 is 24.1 Å². The molecule has 6 atom stereocenters. The highest BCUT2D eigenvalue weighted by molar-refractivity contribution is 7.99. The number of hydrogen-bond acceptors (Lipinski definition) is 7. The standard InChI is InChI=1S/C52H80N6O4S2/c1-9-13-17-39(11-3)33-63-29-15-27-53-51(61)55-45-31-41(57-35(5)19-20-36(57)6)23-25-43(45)47-49(59)48(50(47)60)44-26-24-42(58-37(7)21-22-38(58)8)32-46(44)56-52(62)54-28-16-30-64-34-40(12-4)18-14-10-2/h23-26,31-32,35-40H,9-22,27-30,33-34H2,1-8H3,(H4,53,54,55,56,59,60,61,62). The van der Waals surface area contributed by atoms with E-state index < -0.39 is 11.5 Å². The molecule has 1 aromatic carbocycles. The van der Waals surface area contributed by atoms with E-state index in [0.717, 1.165) is 84.8 Å². The first-order valence-electron chi connectivity index (χ1n) is 24.9. The van der Waals surface area contributed by atoms with E-state index in [1.165, 1.54) is 51.4 Å². The summed E-state index contributed by atoms with van der Waals surface area (Å²) in [7, 11) is 0. The fraction of sp³-hybridized carbons (Fsp3) is 0.654. The van der Waals surface area contributed by atoms with Gasteiger partial charge in [0.15, 0.2) is 17.9 Å². The Labute approximate surface area is 394 Å². The predicted molar refractivity (Wildman–Crippen MR) is 271 cm³/mol. The highest BCUT2D eigenvalue weighted by Gasteiger charge is 2.37. The number of urea groups is 2. The van der Waals surface area contributed by atoms with Gasteiger partial charge in [0.1, 0.15) is 0 Å². The summed E-state index contributed by atoms with van der Waals surface area (Å²) >= 11 is 3.91. The van der Waals surface area contributed by atoms with Crippen LogP contribution in [0.2, 0.25) is 0 Å². The quantitative estimate of drug-likeness (QED) is 0.0462. The molecule has 2 aliphatic carbocycles. The molecule has 2 saturated heterocycles. The van der Waals surface area contributed by atoms with Gasteiger partial charge in [0, 0.05) is 78.1 Å². The molecule has 0 spiro atoms. The normalized spacial score (nSPS) is 23.0. The van der Waals surface area contributed by atoms with Crippen molar-refractivity contribution in [3.8, 4) is 0 Å². The minimum Gasteiger partial charge on any atom is -0.871 e.